The second-order valence-electron chi connectivity index (χ2n) is 4.94. The number of hydrazone groups is 1. The van der Waals surface area contributed by atoms with Gasteiger partial charge in [0, 0.05) is 18.1 Å². The van der Waals surface area contributed by atoms with E-state index >= 15 is 0 Å². The molecule has 4 nitrogen and oxygen atoms in total. The Labute approximate surface area is 136 Å². The van der Waals surface area contributed by atoms with Crippen LogP contribution in [0.15, 0.2) is 72.1 Å². The lowest BCUT2D eigenvalue weighted by molar-refractivity contribution is -0.137. The number of anilines is 1. The third kappa shape index (κ3) is 3.62. The lowest BCUT2D eigenvalue weighted by Crippen LogP contribution is -2.06. The molecule has 3 aromatic rings. The Balaban J connectivity index is 1.71. The van der Waals surface area contributed by atoms with Crippen LogP contribution in [0.2, 0.25) is 0 Å². The molecule has 0 saturated heterocycles. The van der Waals surface area contributed by atoms with Crippen molar-refractivity contribution in [2.24, 2.45) is 5.10 Å². The van der Waals surface area contributed by atoms with E-state index in [4.69, 9.17) is 0 Å². The van der Waals surface area contributed by atoms with Crippen molar-refractivity contribution in [3.8, 4) is 5.69 Å². The Hall–Kier alpha value is -3.09. The summed E-state index contributed by atoms with van der Waals surface area (Å²) in [5.74, 6) is 0.233. The molecule has 3 rings (SSSR count). The number of aromatic nitrogens is 2. The summed E-state index contributed by atoms with van der Waals surface area (Å²) in [6.07, 6.45) is -0.157. The lowest BCUT2D eigenvalue weighted by atomic mass is 10.3. The minimum Gasteiger partial charge on any atom is -0.316 e. The van der Waals surface area contributed by atoms with Crippen molar-refractivity contribution in [2.75, 3.05) is 5.43 Å². The third-order valence-corrected chi connectivity index (χ3v) is 3.28. The molecule has 0 atom stereocenters. The fourth-order valence-corrected chi connectivity index (χ4v) is 2.12. The van der Waals surface area contributed by atoms with Gasteiger partial charge in [-0.05, 0) is 36.4 Å². The topological polar surface area (TPSA) is 42.2 Å². The van der Waals surface area contributed by atoms with Gasteiger partial charge in [-0.3, -0.25) is 5.43 Å². The maximum atomic E-state index is 12.5. The molecule has 0 spiro atoms. The van der Waals surface area contributed by atoms with Gasteiger partial charge in [0.2, 0.25) is 0 Å². The maximum Gasteiger partial charge on any atom is 0.417 e. The van der Waals surface area contributed by atoms with Crippen molar-refractivity contribution in [3.63, 3.8) is 0 Å². The largest absolute Gasteiger partial charge is 0.417 e. The van der Waals surface area contributed by atoms with Crippen molar-refractivity contribution in [1.82, 2.24) is 9.55 Å². The molecule has 0 radical (unpaired) electrons. The number of halogens is 3. The molecule has 0 unspecified atom stereocenters. The van der Waals surface area contributed by atoms with Crippen molar-refractivity contribution in [3.05, 3.63) is 78.2 Å². The van der Waals surface area contributed by atoms with E-state index in [0.717, 1.165) is 23.6 Å². The molecule has 0 amide bonds. The van der Waals surface area contributed by atoms with Crippen LogP contribution >= 0.6 is 0 Å². The standard InChI is InChI=1S/C17H13F3N4/c18-17(19,20)13-8-9-16(21-11-13)23-22-12-15-7-4-10-24(15)14-5-2-1-3-6-14/h1-12H,(H,21,23)/b22-12+. The van der Waals surface area contributed by atoms with Crippen molar-refractivity contribution < 1.29 is 13.2 Å². The number of pyridine rings is 1. The molecule has 24 heavy (non-hydrogen) atoms. The highest BCUT2D eigenvalue weighted by molar-refractivity contribution is 5.79. The Morgan fingerprint density at radius 2 is 1.79 bits per heavy atom. The van der Waals surface area contributed by atoms with Crippen LogP contribution < -0.4 is 5.43 Å². The van der Waals surface area contributed by atoms with Gasteiger partial charge in [-0.2, -0.15) is 18.3 Å². The van der Waals surface area contributed by atoms with Crippen LogP contribution in [0.25, 0.3) is 5.69 Å². The van der Waals surface area contributed by atoms with E-state index in [-0.39, 0.29) is 5.82 Å². The van der Waals surface area contributed by atoms with Crippen LogP contribution in [0.5, 0.6) is 0 Å². The molecule has 122 valence electrons. The van der Waals surface area contributed by atoms with E-state index in [2.05, 4.69) is 15.5 Å². The molecule has 0 aliphatic carbocycles. The molecule has 0 fully saturated rings. The number of alkyl halides is 3. The highest BCUT2D eigenvalue weighted by Gasteiger charge is 2.30. The molecular weight excluding hydrogens is 317 g/mol. The van der Waals surface area contributed by atoms with Crippen LogP contribution in [0.4, 0.5) is 19.0 Å². The first-order valence-electron chi connectivity index (χ1n) is 7.09. The number of rotatable bonds is 4. The fraction of sp³-hybridized carbons (Fsp3) is 0.0588. The van der Waals surface area contributed by atoms with Crippen LogP contribution in [0.1, 0.15) is 11.3 Å². The number of hydrogen-bond donors (Lipinski definition) is 1. The van der Waals surface area contributed by atoms with Crippen LogP contribution in [-0.4, -0.2) is 15.8 Å². The smallest absolute Gasteiger partial charge is 0.316 e. The Kier molecular flexibility index (Phi) is 4.33. The van der Waals surface area contributed by atoms with Gasteiger partial charge in [-0.1, -0.05) is 18.2 Å². The summed E-state index contributed by atoms with van der Waals surface area (Å²) in [6, 6.07) is 15.7. The van der Waals surface area contributed by atoms with Gasteiger partial charge in [0.15, 0.2) is 0 Å². The highest BCUT2D eigenvalue weighted by Crippen LogP contribution is 2.28. The molecular formula is C17H13F3N4. The Morgan fingerprint density at radius 1 is 1.00 bits per heavy atom. The second-order valence-corrected chi connectivity index (χ2v) is 4.94. The van der Waals surface area contributed by atoms with Gasteiger partial charge in [0.25, 0.3) is 0 Å². The summed E-state index contributed by atoms with van der Waals surface area (Å²) < 4.78 is 39.3. The van der Waals surface area contributed by atoms with Crippen molar-refractivity contribution in [1.29, 1.82) is 0 Å². The number of nitrogens with zero attached hydrogens (tertiary/aromatic N) is 3. The minimum absolute atomic E-state index is 0.233. The summed E-state index contributed by atoms with van der Waals surface area (Å²) >= 11 is 0. The molecule has 0 aliphatic rings. The molecule has 0 aliphatic heterocycles. The maximum absolute atomic E-state index is 12.5. The van der Waals surface area contributed by atoms with Crippen molar-refractivity contribution in [2.45, 2.75) is 6.18 Å². The van der Waals surface area contributed by atoms with Gasteiger partial charge in [-0.15, -0.1) is 0 Å². The predicted molar refractivity (Wildman–Crippen MR) is 86.2 cm³/mol. The molecule has 7 heteroatoms. The number of nitrogens with one attached hydrogen (secondary N) is 1. The first-order valence-corrected chi connectivity index (χ1v) is 7.09. The summed E-state index contributed by atoms with van der Waals surface area (Å²) in [5, 5.41) is 4.02. The average Bonchev–Trinajstić information content (AvgIpc) is 3.04. The Morgan fingerprint density at radius 3 is 2.46 bits per heavy atom. The molecule has 1 N–H and O–H groups in total. The van der Waals surface area contributed by atoms with E-state index in [1.165, 1.54) is 6.07 Å². The van der Waals surface area contributed by atoms with Crippen LogP contribution in [-0.2, 0) is 6.18 Å². The van der Waals surface area contributed by atoms with Gasteiger partial charge in [0.1, 0.15) is 5.82 Å². The average molecular weight is 330 g/mol. The van der Waals surface area contributed by atoms with Crippen LogP contribution in [0, 0.1) is 0 Å². The second kappa shape index (κ2) is 6.57. The van der Waals surface area contributed by atoms with E-state index in [1.807, 2.05) is 53.2 Å². The molecule has 2 heterocycles. The zero-order valence-electron chi connectivity index (χ0n) is 12.4. The van der Waals surface area contributed by atoms with Gasteiger partial charge in [0.05, 0.1) is 17.5 Å². The van der Waals surface area contributed by atoms with Gasteiger partial charge < -0.3 is 4.57 Å². The summed E-state index contributed by atoms with van der Waals surface area (Å²) in [4.78, 5) is 3.69. The number of hydrogen-bond acceptors (Lipinski definition) is 3. The van der Waals surface area contributed by atoms with E-state index in [9.17, 15) is 13.2 Å². The summed E-state index contributed by atoms with van der Waals surface area (Å²) in [7, 11) is 0. The summed E-state index contributed by atoms with van der Waals surface area (Å²) in [6.45, 7) is 0. The van der Waals surface area contributed by atoms with E-state index < -0.39 is 11.7 Å². The summed E-state index contributed by atoms with van der Waals surface area (Å²) in [5.41, 5.74) is 3.62. The van der Waals surface area contributed by atoms with E-state index in [1.54, 1.807) is 6.21 Å². The SMILES string of the molecule is FC(F)(F)c1ccc(N/N=C/c2cccn2-c2ccccc2)nc1. The third-order valence-electron chi connectivity index (χ3n) is 3.28. The minimum atomic E-state index is -4.40. The highest BCUT2D eigenvalue weighted by atomic mass is 19.4. The normalized spacial score (nSPS) is 11.8. The van der Waals surface area contributed by atoms with Gasteiger partial charge in [-0.25, -0.2) is 4.98 Å². The fourth-order valence-electron chi connectivity index (χ4n) is 2.12. The molecule has 0 saturated carbocycles. The Bertz CT molecular complexity index is 821. The van der Waals surface area contributed by atoms with Crippen molar-refractivity contribution >= 4 is 12.0 Å². The predicted octanol–water partition coefficient (Wildman–Crippen LogP) is 4.34. The van der Waals surface area contributed by atoms with E-state index in [0.29, 0.717) is 0 Å². The van der Waals surface area contributed by atoms with Crippen LogP contribution in [0.3, 0.4) is 0 Å². The number of benzene rings is 1. The molecule has 1 aromatic carbocycles. The van der Waals surface area contributed by atoms with Gasteiger partial charge >= 0.3 is 6.18 Å². The molecule has 2 aromatic heterocycles. The molecule has 0 bridgehead atoms. The zero-order chi connectivity index (χ0) is 17.0. The first-order chi connectivity index (χ1) is 11.5. The quantitative estimate of drug-likeness (QED) is 0.571. The number of para-hydroxylation sites is 1. The monoisotopic (exact) mass is 330 g/mol. The lowest BCUT2D eigenvalue weighted by Gasteiger charge is -2.07. The first kappa shape index (κ1) is 15.8. The zero-order valence-corrected chi connectivity index (χ0v) is 12.4.